The number of nitrogens with two attached hydrogens (primary N) is 1. The van der Waals surface area contributed by atoms with Crippen LogP contribution >= 0.6 is 0 Å². The normalized spacial score (nSPS) is 28.8. The molecule has 0 amide bonds. The lowest BCUT2D eigenvalue weighted by molar-refractivity contribution is -0.0320. The summed E-state index contributed by atoms with van der Waals surface area (Å²) in [5.41, 5.74) is 15.8. The Morgan fingerprint density at radius 3 is 2.76 bits per heavy atom. The molecule has 2 N–H and O–H groups in total. The number of hydrogen-bond acceptors (Lipinski definition) is 3. The van der Waals surface area contributed by atoms with Gasteiger partial charge in [0.2, 0.25) is 0 Å². The molecule has 3 atom stereocenters. The van der Waals surface area contributed by atoms with Crippen molar-refractivity contribution in [3.05, 3.63) is 22.1 Å². The Balaban J connectivity index is 2.74. The zero-order valence-electron chi connectivity index (χ0n) is 10.8. The second-order valence-electron chi connectivity index (χ2n) is 4.60. The first kappa shape index (κ1) is 14.0. The molecular weight excluding hydrogens is 216 g/mol. The van der Waals surface area contributed by atoms with Gasteiger partial charge in [0.05, 0.1) is 18.2 Å². The minimum atomic E-state index is -0.284. The van der Waals surface area contributed by atoms with E-state index in [-0.39, 0.29) is 24.3 Å². The smallest absolute Gasteiger partial charge is 0.0773 e. The van der Waals surface area contributed by atoms with E-state index in [0.29, 0.717) is 0 Å². The predicted octanol–water partition coefficient (Wildman–Crippen LogP) is 2.92. The summed E-state index contributed by atoms with van der Waals surface area (Å²) in [7, 11) is 0. The van der Waals surface area contributed by atoms with Crippen LogP contribution in [0.5, 0.6) is 0 Å². The average Bonchev–Trinajstić information content (AvgIpc) is 2.31. The molecule has 0 saturated heterocycles. The van der Waals surface area contributed by atoms with Crippen LogP contribution in [0.4, 0.5) is 0 Å². The minimum Gasteiger partial charge on any atom is -0.373 e. The minimum absolute atomic E-state index is 0.0413. The Labute approximate surface area is 103 Å². The molecule has 0 aromatic heterocycles. The molecule has 1 aliphatic carbocycles. The van der Waals surface area contributed by atoms with E-state index in [9.17, 15) is 0 Å². The van der Waals surface area contributed by atoms with Crippen molar-refractivity contribution in [1.29, 1.82) is 0 Å². The highest BCUT2D eigenvalue weighted by atomic mass is 16.5. The van der Waals surface area contributed by atoms with E-state index in [1.54, 1.807) is 0 Å². The number of azide groups is 1. The molecule has 0 saturated carbocycles. The molecule has 1 aliphatic rings. The van der Waals surface area contributed by atoms with E-state index in [1.165, 1.54) is 5.57 Å². The van der Waals surface area contributed by atoms with Crippen LogP contribution < -0.4 is 5.73 Å². The van der Waals surface area contributed by atoms with Crippen molar-refractivity contribution in [3.63, 3.8) is 0 Å². The maximum absolute atomic E-state index is 8.52. The lowest BCUT2D eigenvalue weighted by atomic mass is 9.90. The molecule has 0 aliphatic heterocycles. The van der Waals surface area contributed by atoms with Gasteiger partial charge in [-0.25, -0.2) is 0 Å². The summed E-state index contributed by atoms with van der Waals surface area (Å²) in [6.45, 7) is 6.24. The molecule has 0 spiro atoms. The second kappa shape index (κ2) is 6.64. The SMILES string of the molecule is CCC(CC)O[C@@H]1CC(C)=C[C@H](N=[N+]=[N-])[C@H]1N. The van der Waals surface area contributed by atoms with Gasteiger partial charge in [-0.1, -0.05) is 30.6 Å². The lowest BCUT2D eigenvalue weighted by Crippen LogP contribution is -2.48. The number of rotatable bonds is 5. The van der Waals surface area contributed by atoms with Crippen molar-refractivity contribution >= 4 is 0 Å². The molecule has 0 aromatic carbocycles. The zero-order chi connectivity index (χ0) is 12.8. The Morgan fingerprint density at radius 2 is 2.24 bits per heavy atom. The molecule has 0 aromatic rings. The van der Waals surface area contributed by atoms with Crippen LogP contribution in [-0.2, 0) is 4.74 Å². The fourth-order valence-electron chi connectivity index (χ4n) is 2.18. The van der Waals surface area contributed by atoms with Crippen molar-refractivity contribution in [2.24, 2.45) is 10.8 Å². The first-order valence-corrected chi connectivity index (χ1v) is 6.24. The predicted molar refractivity (Wildman–Crippen MR) is 68.5 cm³/mol. The number of nitrogens with zero attached hydrogens (tertiary/aromatic N) is 3. The maximum Gasteiger partial charge on any atom is 0.0773 e. The van der Waals surface area contributed by atoms with Crippen LogP contribution in [0.1, 0.15) is 40.0 Å². The first-order chi connectivity index (χ1) is 8.12. The highest BCUT2D eigenvalue weighted by Gasteiger charge is 2.30. The fraction of sp³-hybridized carbons (Fsp3) is 0.833. The van der Waals surface area contributed by atoms with Gasteiger partial charge in [-0.05, 0) is 31.7 Å². The molecule has 0 fully saturated rings. The molecule has 1 rings (SSSR count). The van der Waals surface area contributed by atoms with Gasteiger partial charge in [0.15, 0.2) is 0 Å². The van der Waals surface area contributed by atoms with Gasteiger partial charge in [0.1, 0.15) is 0 Å². The summed E-state index contributed by atoms with van der Waals surface area (Å²) < 4.78 is 6.00. The third kappa shape index (κ3) is 3.73. The van der Waals surface area contributed by atoms with Gasteiger partial charge in [-0.15, -0.1) is 0 Å². The molecule has 0 radical (unpaired) electrons. The molecule has 17 heavy (non-hydrogen) atoms. The van der Waals surface area contributed by atoms with Gasteiger partial charge >= 0.3 is 0 Å². The summed E-state index contributed by atoms with van der Waals surface area (Å²) in [5, 5.41) is 3.72. The van der Waals surface area contributed by atoms with Gasteiger partial charge in [-0.2, -0.15) is 0 Å². The van der Waals surface area contributed by atoms with Crippen LogP contribution in [0.2, 0.25) is 0 Å². The van der Waals surface area contributed by atoms with E-state index in [0.717, 1.165) is 19.3 Å². The van der Waals surface area contributed by atoms with Gasteiger partial charge < -0.3 is 10.5 Å². The molecule has 0 unspecified atom stereocenters. The molecule has 5 nitrogen and oxygen atoms in total. The highest BCUT2D eigenvalue weighted by Crippen LogP contribution is 2.24. The Hall–Kier alpha value is -1.03. The van der Waals surface area contributed by atoms with E-state index < -0.39 is 0 Å². The number of ether oxygens (including phenoxy) is 1. The summed E-state index contributed by atoms with van der Waals surface area (Å²) in [5.74, 6) is 0. The Kier molecular flexibility index (Phi) is 5.48. The summed E-state index contributed by atoms with van der Waals surface area (Å²) in [4.78, 5) is 2.84. The van der Waals surface area contributed by atoms with E-state index >= 15 is 0 Å². The van der Waals surface area contributed by atoms with Crippen LogP contribution in [0.25, 0.3) is 10.4 Å². The van der Waals surface area contributed by atoms with E-state index in [2.05, 4.69) is 23.9 Å². The van der Waals surface area contributed by atoms with Gasteiger partial charge in [-0.3, -0.25) is 0 Å². The monoisotopic (exact) mass is 238 g/mol. The molecular formula is C12H22N4O. The first-order valence-electron chi connectivity index (χ1n) is 6.24. The summed E-state index contributed by atoms with van der Waals surface area (Å²) in [6.07, 6.45) is 4.93. The van der Waals surface area contributed by atoms with E-state index in [1.807, 2.05) is 13.0 Å². The topological polar surface area (TPSA) is 84.0 Å². The van der Waals surface area contributed by atoms with Crippen molar-refractivity contribution in [3.8, 4) is 0 Å². The van der Waals surface area contributed by atoms with Crippen molar-refractivity contribution in [1.82, 2.24) is 0 Å². The molecule has 0 bridgehead atoms. The van der Waals surface area contributed by atoms with Crippen LogP contribution in [-0.4, -0.2) is 24.3 Å². The third-order valence-corrected chi connectivity index (χ3v) is 3.26. The molecule has 96 valence electrons. The van der Waals surface area contributed by atoms with Gasteiger partial charge in [0, 0.05) is 11.0 Å². The lowest BCUT2D eigenvalue weighted by Gasteiger charge is -2.34. The summed E-state index contributed by atoms with van der Waals surface area (Å²) in [6, 6.07) is -0.525. The third-order valence-electron chi connectivity index (χ3n) is 3.26. The van der Waals surface area contributed by atoms with Crippen LogP contribution in [0, 0.1) is 0 Å². The number of hydrogen-bond donors (Lipinski definition) is 1. The van der Waals surface area contributed by atoms with Crippen molar-refractivity contribution in [2.45, 2.75) is 64.3 Å². The second-order valence-corrected chi connectivity index (χ2v) is 4.60. The maximum atomic E-state index is 8.52. The highest BCUT2D eigenvalue weighted by molar-refractivity contribution is 5.16. The van der Waals surface area contributed by atoms with Crippen molar-refractivity contribution < 1.29 is 4.74 Å². The van der Waals surface area contributed by atoms with Gasteiger partial charge in [0.25, 0.3) is 0 Å². The van der Waals surface area contributed by atoms with E-state index in [4.69, 9.17) is 16.0 Å². The molecule has 0 heterocycles. The van der Waals surface area contributed by atoms with Crippen molar-refractivity contribution in [2.75, 3.05) is 0 Å². The van der Waals surface area contributed by atoms with Crippen LogP contribution in [0.3, 0.4) is 0 Å². The quantitative estimate of drug-likeness (QED) is 0.345. The summed E-state index contributed by atoms with van der Waals surface area (Å²) >= 11 is 0. The standard InChI is InChI=1S/C12H22N4O/c1-4-9(5-2)17-11-7-8(3)6-10(12(11)13)15-16-14/h6,9-12H,4-5,7,13H2,1-3H3/t10-,11+,12+/m0/s1. The fourth-order valence-corrected chi connectivity index (χ4v) is 2.18. The Morgan fingerprint density at radius 1 is 1.59 bits per heavy atom. The zero-order valence-corrected chi connectivity index (χ0v) is 10.8. The molecule has 5 heteroatoms. The average molecular weight is 238 g/mol. The largest absolute Gasteiger partial charge is 0.373 e. The van der Waals surface area contributed by atoms with Crippen LogP contribution in [0.15, 0.2) is 16.8 Å². The Bertz CT molecular complexity index is 318.